The number of hydrogen-bond acceptors (Lipinski definition) is 7. The molecule has 11 heteroatoms. The fourth-order valence-corrected chi connectivity index (χ4v) is 3.14. The minimum atomic E-state index is -1.54. The van der Waals surface area contributed by atoms with Crippen molar-refractivity contribution in [1.29, 1.82) is 0 Å². The van der Waals surface area contributed by atoms with Crippen molar-refractivity contribution < 1.29 is 18.3 Å². The first-order valence-corrected chi connectivity index (χ1v) is 9.03. The second-order valence-corrected chi connectivity index (χ2v) is 6.63. The zero-order valence-electron chi connectivity index (χ0n) is 15.6. The number of aromatic hydroxyl groups is 1. The van der Waals surface area contributed by atoms with Crippen LogP contribution in [-0.2, 0) is 6.54 Å². The first kappa shape index (κ1) is 18.7. The molecule has 4 heterocycles. The zero-order valence-corrected chi connectivity index (χ0v) is 15.6. The first-order valence-electron chi connectivity index (χ1n) is 9.03. The summed E-state index contributed by atoms with van der Waals surface area (Å²) in [6.07, 6.45) is 2.89. The third-order valence-corrected chi connectivity index (χ3v) is 4.61. The SMILES string of the molecule is Oc1cnc2c(NCc3nnc4ccc(-c5cc(F)c(F)c(F)c5)nn34)ccnc2c1. The van der Waals surface area contributed by atoms with E-state index >= 15 is 0 Å². The molecule has 0 fully saturated rings. The van der Waals surface area contributed by atoms with Crippen molar-refractivity contribution in [3.05, 3.63) is 72.1 Å². The van der Waals surface area contributed by atoms with Crippen LogP contribution in [0.3, 0.4) is 0 Å². The molecule has 0 radical (unpaired) electrons. The molecular weight excluding hydrogens is 411 g/mol. The van der Waals surface area contributed by atoms with Gasteiger partial charge in [0.25, 0.3) is 0 Å². The predicted molar refractivity (Wildman–Crippen MR) is 105 cm³/mol. The molecule has 154 valence electrons. The second-order valence-electron chi connectivity index (χ2n) is 6.63. The van der Waals surface area contributed by atoms with E-state index in [1.807, 2.05) is 0 Å². The molecule has 2 N–H and O–H groups in total. The summed E-state index contributed by atoms with van der Waals surface area (Å²) in [5.41, 5.74) is 2.44. The van der Waals surface area contributed by atoms with E-state index in [2.05, 4.69) is 30.6 Å². The highest BCUT2D eigenvalue weighted by molar-refractivity contribution is 5.87. The van der Waals surface area contributed by atoms with Crippen LogP contribution in [0.4, 0.5) is 18.9 Å². The van der Waals surface area contributed by atoms with Crippen LogP contribution in [-0.4, -0.2) is 34.9 Å². The van der Waals surface area contributed by atoms with Gasteiger partial charge in [0.15, 0.2) is 28.9 Å². The van der Waals surface area contributed by atoms with Gasteiger partial charge in [-0.1, -0.05) is 0 Å². The van der Waals surface area contributed by atoms with Gasteiger partial charge in [-0.3, -0.25) is 4.98 Å². The molecule has 0 amide bonds. The first-order chi connectivity index (χ1) is 15.0. The minimum Gasteiger partial charge on any atom is -0.506 e. The van der Waals surface area contributed by atoms with Crippen LogP contribution in [0, 0.1) is 17.5 Å². The van der Waals surface area contributed by atoms with Gasteiger partial charge < -0.3 is 10.4 Å². The molecule has 0 bridgehead atoms. The maximum absolute atomic E-state index is 13.6. The Morgan fingerprint density at radius 3 is 2.58 bits per heavy atom. The molecule has 1 aromatic carbocycles. The summed E-state index contributed by atoms with van der Waals surface area (Å²) in [5.74, 6) is -3.71. The molecular formula is C20H12F3N7O. The molecule has 0 aliphatic rings. The quantitative estimate of drug-likeness (QED) is 0.427. The fraction of sp³-hybridized carbons (Fsp3) is 0.0500. The molecule has 0 atom stereocenters. The third kappa shape index (κ3) is 3.35. The normalized spacial score (nSPS) is 11.3. The van der Waals surface area contributed by atoms with Crippen molar-refractivity contribution in [1.82, 2.24) is 29.8 Å². The largest absolute Gasteiger partial charge is 0.506 e. The van der Waals surface area contributed by atoms with Crippen molar-refractivity contribution in [2.45, 2.75) is 6.54 Å². The Morgan fingerprint density at radius 1 is 0.968 bits per heavy atom. The summed E-state index contributed by atoms with van der Waals surface area (Å²) in [6, 6.07) is 8.07. The summed E-state index contributed by atoms with van der Waals surface area (Å²) in [5, 5.41) is 25.2. The van der Waals surface area contributed by atoms with E-state index in [4.69, 9.17) is 0 Å². The van der Waals surface area contributed by atoms with Crippen molar-refractivity contribution in [3.8, 4) is 17.0 Å². The summed E-state index contributed by atoms with van der Waals surface area (Å²) in [7, 11) is 0. The van der Waals surface area contributed by atoms with E-state index in [9.17, 15) is 18.3 Å². The van der Waals surface area contributed by atoms with Crippen molar-refractivity contribution in [2.24, 2.45) is 0 Å². The van der Waals surface area contributed by atoms with Crippen molar-refractivity contribution in [2.75, 3.05) is 5.32 Å². The molecule has 0 spiro atoms. The fourth-order valence-electron chi connectivity index (χ4n) is 3.14. The van der Waals surface area contributed by atoms with Crippen LogP contribution in [0.5, 0.6) is 5.75 Å². The Bertz CT molecular complexity index is 1430. The van der Waals surface area contributed by atoms with E-state index in [0.29, 0.717) is 28.2 Å². The van der Waals surface area contributed by atoms with E-state index in [0.717, 1.165) is 12.1 Å². The molecule has 0 aliphatic heterocycles. The topological polar surface area (TPSA) is 101 Å². The van der Waals surface area contributed by atoms with Gasteiger partial charge in [-0.25, -0.2) is 18.2 Å². The Kier molecular flexibility index (Phi) is 4.35. The van der Waals surface area contributed by atoms with Crippen LogP contribution in [0.15, 0.2) is 48.8 Å². The van der Waals surface area contributed by atoms with Gasteiger partial charge in [0.2, 0.25) is 0 Å². The van der Waals surface area contributed by atoms with Crippen LogP contribution in [0.1, 0.15) is 5.82 Å². The Hall–Kier alpha value is -4.28. The van der Waals surface area contributed by atoms with E-state index in [-0.39, 0.29) is 23.6 Å². The van der Waals surface area contributed by atoms with Crippen molar-refractivity contribution in [3.63, 3.8) is 0 Å². The van der Waals surface area contributed by atoms with Gasteiger partial charge in [0.1, 0.15) is 11.3 Å². The van der Waals surface area contributed by atoms with E-state index < -0.39 is 17.5 Å². The average molecular weight is 423 g/mol. The highest BCUT2D eigenvalue weighted by atomic mass is 19.2. The Balaban J connectivity index is 1.48. The smallest absolute Gasteiger partial charge is 0.194 e. The lowest BCUT2D eigenvalue weighted by molar-refractivity contribution is 0.447. The molecule has 5 aromatic rings. The van der Waals surface area contributed by atoms with Gasteiger partial charge in [0, 0.05) is 17.8 Å². The second kappa shape index (κ2) is 7.20. The monoisotopic (exact) mass is 423 g/mol. The minimum absolute atomic E-state index is 0.00555. The number of halogens is 3. The zero-order chi connectivity index (χ0) is 21.5. The molecule has 8 nitrogen and oxygen atoms in total. The maximum Gasteiger partial charge on any atom is 0.194 e. The number of anilines is 1. The van der Waals surface area contributed by atoms with Crippen molar-refractivity contribution >= 4 is 22.4 Å². The number of fused-ring (bicyclic) bond motifs is 2. The number of nitrogens with zero attached hydrogens (tertiary/aromatic N) is 6. The lowest BCUT2D eigenvalue weighted by atomic mass is 10.1. The summed E-state index contributed by atoms with van der Waals surface area (Å²) < 4.78 is 41.9. The molecule has 0 unspecified atom stereocenters. The molecule has 0 saturated carbocycles. The third-order valence-electron chi connectivity index (χ3n) is 4.61. The molecule has 5 rings (SSSR count). The van der Waals surface area contributed by atoms with Gasteiger partial charge in [-0.15, -0.1) is 10.2 Å². The van der Waals surface area contributed by atoms with Gasteiger partial charge >= 0.3 is 0 Å². The number of hydrogen-bond donors (Lipinski definition) is 2. The lowest BCUT2D eigenvalue weighted by Crippen LogP contribution is -2.07. The Labute approximate surface area is 172 Å². The molecule has 4 aromatic heterocycles. The highest BCUT2D eigenvalue weighted by Gasteiger charge is 2.14. The van der Waals surface area contributed by atoms with Gasteiger partial charge in [-0.05, 0) is 30.3 Å². The number of pyridine rings is 2. The standard InChI is InChI=1S/C20H12F3N7O/c21-12-5-10(6-13(22)19(12)23)14-1-2-17-27-28-18(30(17)29-14)9-25-15-3-4-24-16-7-11(31)8-26-20(15)16/h1-8,31H,9H2,(H,24,25). The highest BCUT2D eigenvalue weighted by Crippen LogP contribution is 2.24. The van der Waals surface area contributed by atoms with Crippen LogP contribution in [0.2, 0.25) is 0 Å². The van der Waals surface area contributed by atoms with E-state index in [1.54, 1.807) is 18.3 Å². The van der Waals surface area contributed by atoms with Crippen LogP contribution < -0.4 is 5.32 Å². The molecule has 0 aliphatic carbocycles. The summed E-state index contributed by atoms with van der Waals surface area (Å²) >= 11 is 0. The average Bonchev–Trinajstić information content (AvgIpc) is 3.17. The maximum atomic E-state index is 13.6. The van der Waals surface area contributed by atoms with Gasteiger partial charge in [-0.2, -0.15) is 9.61 Å². The number of rotatable bonds is 4. The Morgan fingerprint density at radius 2 is 1.77 bits per heavy atom. The van der Waals surface area contributed by atoms with Gasteiger partial charge in [0.05, 0.1) is 29.6 Å². The van der Waals surface area contributed by atoms with Crippen LogP contribution in [0.25, 0.3) is 27.9 Å². The molecule has 0 saturated heterocycles. The number of nitrogens with one attached hydrogen (secondary N) is 1. The summed E-state index contributed by atoms with van der Waals surface area (Å²) in [6.45, 7) is 0.200. The van der Waals surface area contributed by atoms with E-state index in [1.165, 1.54) is 22.8 Å². The number of aromatic nitrogens is 6. The molecule has 31 heavy (non-hydrogen) atoms. The predicted octanol–water partition coefficient (Wildman–Crippen LogP) is 3.47. The number of benzene rings is 1. The summed E-state index contributed by atoms with van der Waals surface area (Å²) in [4.78, 5) is 8.35. The lowest BCUT2D eigenvalue weighted by Gasteiger charge is -2.08. The van der Waals surface area contributed by atoms with Crippen LogP contribution >= 0.6 is 0 Å².